The predicted octanol–water partition coefficient (Wildman–Crippen LogP) is 2.63. The van der Waals surface area contributed by atoms with E-state index in [1.54, 1.807) is 9.80 Å². The summed E-state index contributed by atoms with van der Waals surface area (Å²) in [6, 6.07) is 4.39. The number of hydrogen-bond donors (Lipinski definition) is 1. The Labute approximate surface area is 177 Å². The second-order valence-corrected chi connectivity index (χ2v) is 9.19. The SMILES string of the molecule is O=C(O)CN1CCC(F)(C(=O)N2CCC(Cc3ccc4c(n3)CCCC4)CC2)CC1. The summed E-state index contributed by atoms with van der Waals surface area (Å²) in [5.74, 6) is -0.831. The van der Waals surface area contributed by atoms with Gasteiger partial charge in [-0.05, 0) is 62.5 Å². The molecule has 1 aromatic rings. The molecule has 0 unspecified atom stereocenters. The van der Waals surface area contributed by atoms with Gasteiger partial charge in [0.1, 0.15) is 0 Å². The van der Waals surface area contributed by atoms with Crippen LogP contribution in [0.4, 0.5) is 4.39 Å². The molecule has 0 spiro atoms. The number of carboxylic acids is 1. The number of nitrogens with zero attached hydrogens (tertiary/aromatic N) is 3. The number of aryl methyl sites for hydroxylation is 2. The van der Waals surface area contributed by atoms with Crippen molar-refractivity contribution in [1.82, 2.24) is 14.8 Å². The highest BCUT2D eigenvalue weighted by molar-refractivity contribution is 5.85. The topological polar surface area (TPSA) is 73.7 Å². The number of carboxylic acid groups (broad SMARTS) is 1. The van der Waals surface area contributed by atoms with Crippen molar-refractivity contribution >= 4 is 11.9 Å². The Morgan fingerprint density at radius 3 is 2.50 bits per heavy atom. The van der Waals surface area contributed by atoms with Crippen LogP contribution in [0.1, 0.15) is 55.5 Å². The fourth-order valence-corrected chi connectivity index (χ4v) is 5.13. The van der Waals surface area contributed by atoms with Gasteiger partial charge in [0.2, 0.25) is 0 Å². The first kappa shape index (κ1) is 21.2. The van der Waals surface area contributed by atoms with Crippen LogP contribution >= 0.6 is 0 Å². The number of carbonyl (C=O) groups excluding carboxylic acids is 1. The highest BCUT2D eigenvalue weighted by Crippen LogP contribution is 2.31. The van der Waals surface area contributed by atoms with Gasteiger partial charge >= 0.3 is 5.97 Å². The van der Waals surface area contributed by atoms with E-state index >= 15 is 4.39 Å². The first-order valence-electron chi connectivity index (χ1n) is 11.3. The smallest absolute Gasteiger partial charge is 0.317 e. The van der Waals surface area contributed by atoms with E-state index < -0.39 is 17.5 Å². The van der Waals surface area contributed by atoms with Crippen LogP contribution in [-0.4, -0.2) is 70.2 Å². The zero-order valence-electron chi connectivity index (χ0n) is 17.6. The Bertz CT molecular complexity index is 784. The number of rotatable bonds is 5. The van der Waals surface area contributed by atoms with Gasteiger partial charge in [-0.1, -0.05) is 6.07 Å². The lowest BCUT2D eigenvalue weighted by Crippen LogP contribution is -2.54. The quantitative estimate of drug-likeness (QED) is 0.797. The maximum absolute atomic E-state index is 15.3. The Balaban J connectivity index is 1.27. The molecule has 0 saturated carbocycles. The molecule has 1 N–H and O–H groups in total. The van der Waals surface area contributed by atoms with Gasteiger partial charge in [-0.2, -0.15) is 0 Å². The number of likely N-dealkylation sites (tertiary alicyclic amines) is 2. The Hall–Kier alpha value is -2.02. The van der Waals surface area contributed by atoms with Crippen LogP contribution in [0.25, 0.3) is 0 Å². The number of aromatic nitrogens is 1. The highest BCUT2D eigenvalue weighted by atomic mass is 19.1. The van der Waals surface area contributed by atoms with Crippen molar-refractivity contribution < 1.29 is 19.1 Å². The van der Waals surface area contributed by atoms with Crippen LogP contribution < -0.4 is 0 Å². The molecule has 0 radical (unpaired) electrons. The lowest BCUT2D eigenvalue weighted by atomic mass is 9.88. The fourth-order valence-electron chi connectivity index (χ4n) is 5.13. The molecule has 30 heavy (non-hydrogen) atoms. The Morgan fingerprint density at radius 2 is 1.80 bits per heavy atom. The first-order chi connectivity index (χ1) is 14.4. The number of fused-ring (bicyclic) bond motifs is 1. The molecule has 2 fully saturated rings. The molecule has 3 aliphatic rings. The maximum Gasteiger partial charge on any atom is 0.317 e. The lowest BCUT2D eigenvalue weighted by molar-refractivity contribution is -0.149. The normalized spacial score (nSPS) is 22.5. The van der Waals surface area contributed by atoms with Crippen molar-refractivity contribution in [2.45, 2.75) is 63.5 Å². The van der Waals surface area contributed by atoms with E-state index in [4.69, 9.17) is 10.1 Å². The molecule has 0 atom stereocenters. The van der Waals surface area contributed by atoms with E-state index in [0.29, 0.717) is 32.1 Å². The molecule has 4 rings (SSSR count). The average Bonchev–Trinajstić information content (AvgIpc) is 2.75. The summed E-state index contributed by atoms with van der Waals surface area (Å²) in [5.41, 5.74) is 1.96. The third-order valence-electron chi connectivity index (χ3n) is 7.03. The number of aliphatic carboxylic acids is 1. The van der Waals surface area contributed by atoms with Crippen molar-refractivity contribution in [3.8, 4) is 0 Å². The number of carbonyl (C=O) groups is 2. The van der Waals surface area contributed by atoms with Gasteiger partial charge in [-0.3, -0.25) is 19.5 Å². The average molecular weight is 418 g/mol. The van der Waals surface area contributed by atoms with Gasteiger partial charge in [-0.25, -0.2) is 4.39 Å². The number of hydrogen-bond acceptors (Lipinski definition) is 4. The maximum atomic E-state index is 15.3. The van der Waals surface area contributed by atoms with Crippen LogP contribution in [-0.2, 0) is 28.9 Å². The minimum atomic E-state index is -1.85. The molecule has 1 aliphatic carbocycles. The molecule has 0 bridgehead atoms. The minimum Gasteiger partial charge on any atom is -0.480 e. The first-order valence-corrected chi connectivity index (χ1v) is 11.3. The van der Waals surface area contributed by atoms with E-state index in [-0.39, 0.29) is 19.4 Å². The molecule has 1 amide bonds. The second kappa shape index (κ2) is 9.00. The zero-order valence-corrected chi connectivity index (χ0v) is 17.6. The monoisotopic (exact) mass is 417 g/mol. The van der Waals surface area contributed by atoms with Crippen molar-refractivity contribution in [3.05, 3.63) is 29.1 Å². The third kappa shape index (κ3) is 4.82. The molecule has 7 heteroatoms. The number of amides is 1. The number of alkyl halides is 1. The molecule has 2 aliphatic heterocycles. The van der Waals surface area contributed by atoms with E-state index in [9.17, 15) is 9.59 Å². The summed E-state index contributed by atoms with van der Waals surface area (Å²) < 4.78 is 15.3. The number of halogens is 1. The summed E-state index contributed by atoms with van der Waals surface area (Å²) in [6.45, 7) is 1.73. The zero-order chi connectivity index (χ0) is 21.1. The van der Waals surface area contributed by atoms with Crippen LogP contribution in [0, 0.1) is 5.92 Å². The summed E-state index contributed by atoms with van der Waals surface area (Å²) in [4.78, 5) is 31.9. The van der Waals surface area contributed by atoms with E-state index in [2.05, 4.69) is 12.1 Å². The standard InChI is InChI=1S/C23H32FN3O3/c24-23(9-13-26(14-10-23)16-21(28)29)22(30)27-11-7-17(8-12-27)15-19-6-5-18-3-1-2-4-20(18)25-19/h5-6,17H,1-4,7-16H2,(H,28,29). The molecular formula is C23H32FN3O3. The van der Waals surface area contributed by atoms with Crippen LogP contribution in [0.2, 0.25) is 0 Å². The third-order valence-corrected chi connectivity index (χ3v) is 7.03. The van der Waals surface area contributed by atoms with Crippen molar-refractivity contribution in [3.63, 3.8) is 0 Å². The Kier molecular flexibility index (Phi) is 6.37. The van der Waals surface area contributed by atoms with Crippen LogP contribution in [0.5, 0.6) is 0 Å². The molecule has 1 aromatic heterocycles. The molecule has 2 saturated heterocycles. The van der Waals surface area contributed by atoms with Gasteiger partial charge in [0.05, 0.1) is 6.54 Å². The van der Waals surface area contributed by atoms with Crippen molar-refractivity contribution in [2.75, 3.05) is 32.7 Å². The summed E-state index contributed by atoms with van der Waals surface area (Å²) in [5, 5.41) is 8.88. The molecule has 164 valence electrons. The number of pyridine rings is 1. The summed E-state index contributed by atoms with van der Waals surface area (Å²) in [6.07, 6.45) is 7.56. The van der Waals surface area contributed by atoms with E-state index in [1.165, 1.54) is 24.1 Å². The van der Waals surface area contributed by atoms with Crippen LogP contribution in [0.3, 0.4) is 0 Å². The van der Waals surface area contributed by atoms with Gasteiger partial charge in [0.25, 0.3) is 5.91 Å². The highest BCUT2D eigenvalue weighted by Gasteiger charge is 2.44. The summed E-state index contributed by atoms with van der Waals surface area (Å²) in [7, 11) is 0. The van der Waals surface area contributed by atoms with Gasteiger partial charge in [0.15, 0.2) is 5.67 Å². The van der Waals surface area contributed by atoms with E-state index in [0.717, 1.165) is 37.8 Å². The predicted molar refractivity (Wildman–Crippen MR) is 111 cm³/mol. The molecule has 6 nitrogen and oxygen atoms in total. The number of piperidine rings is 2. The Morgan fingerprint density at radius 1 is 1.10 bits per heavy atom. The van der Waals surface area contributed by atoms with Crippen LogP contribution in [0.15, 0.2) is 12.1 Å². The molecule has 0 aromatic carbocycles. The second-order valence-electron chi connectivity index (χ2n) is 9.19. The summed E-state index contributed by atoms with van der Waals surface area (Å²) >= 11 is 0. The molecular weight excluding hydrogens is 385 g/mol. The van der Waals surface area contributed by atoms with Gasteiger partial charge < -0.3 is 10.0 Å². The van der Waals surface area contributed by atoms with Crippen molar-refractivity contribution in [1.29, 1.82) is 0 Å². The van der Waals surface area contributed by atoms with E-state index in [1.807, 2.05) is 0 Å². The molecule has 3 heterocycles. The largest absolute Gasteiger partial charge is 0.480 e. The van der Waals surface area contributed by atoms with Gasteiger partial charge in [-0.15, -0.1) is 0 Å². The lowest BCUT2D eigenvalue weighted by Gasteiger charge is -2.40. The van der Waals surface area contributed by atoms with Gasteiger partial charge in [0, 0.05) is 50.4 Å². The minimum absolute atomic E-state index is 0.0814. The fraction of sp³-hybridized carbons (Fsp3) is 0.696. The van der Waals surface area contributed by atoms with Crippen molar-refractivity contribution in [2.24, 2.45) is 5.92 Å².